The van der Waals surface area contributed by atoms with Gasteiger partial charge >= 0.3 is 0 Å². The normalized spacial score (nSPS) is 12.4. The van der Waals surface area contributed by atoms with Crippen LogP contribution in [0.3, 0.4) is 0 Å². The van der Waals surface area contributed by atoms with E-state index in [0.29, 0.717) is 11.6 Å². The van der Waals surface area contributed by atoms with Crippen molar-refractivity contribution in [1.29, 1.82) is 0 Å². The number of hydrogen-bond donors (Lipinski definition) is 1. The standard InChI is InChI=1S/C14H14ClFN2/c1-10(11-2-4-13(16)5-3-11)18-8-12-6-7-17-9-14(12)15/h2-7,9-10,18H,8H2,1H3/t10-/m0/s1. The number of hydrogen-bond acceptors (Lipinski definition) is 2. The lowest BCUT2D eigenvalue weighted by atomic mass is 10.1. The van der Waals surface area contributed by atoms with E-state index >= 15 is 0 Å². The minimum atomic E-state index is -0.219. The molecule has 94 valence electrons. The Kier molecular flexibility index (Phi) is 4.28. The summed E-state index contributed by atoms with van der Waals surface area (Å²) in [5, 5.41) is 3.99. The summed E-state index contributed by atoms with van der Waals surface area (Å²) in [6.07, 6.45) is 3.34. The molecule has 0 radical (unpaired) electrons. The SMILES string of the molecule is C[C@H](NCc1ccncc1Cl)c1ccc(F)cc1. The average Bonchev–Trinajstić information content (AvgIpc) is 2.38. The third kappa shape index (κ3) is 3.28. The van der Waals surface area contributed by atoms with E-state index in [1.165, 1.54) is 12.1 Å². The third-order valence-corrected chi connectivity index (χ3v) is 3.17. The van der Waals surface area contributed by atoms with Gasteiger partial charge in [-0.05, 0) is 36.2 Å². The second kappa shape index (κ2) is 5.94. The van der Waals surface area contributed by atoms with Crippen molar-refractivity contribution >= 4 is 11.6 Å². The molecule has 0 aliphatic carbocycles. The van der Waals surface area contributed by atoms with E-state index in [-0.39, 0.29) is 11.9 Å². The Morgan fingerprint density at radius 2 is 2.00 bits per heavy atom. The molecule has 0 fully saturated rings. The van der Waals surface area contributed by atoms with Gasteiger partial charge in [0.05, 0.1) is 5.02 Å². The molecule has 1 atom stereocenters. The van der Waals surface area contributed by atoms with Gasteiger partial charge in [0, 0.05) is 25.0 Å². The van der Waals surface area contributed by atoms with Crippen LogP contribution in [0.15, 0.2) is 42.7 Å². The number of nitrogens with zero attached hydrogens (tertiary/aromatic N) is 1. The number of benzene rings is 1. The van der Waals surface area contributed by atoms with E-state index in [2.05, 4.69) is 10.3 Å². The van der Waals surface area contributed by atoms with Crippen LogP contribution in [0.1, 0.15) is 24.1 Å². The molecule has 4 heteroatoms. The molecule has 0 bridgehead atoms. The Labute approximate surface area is 111 Å². The van der Waals surface area contributed by atoms with Crippen molar-refractivity contribution < 1.29 is 4.39 Å². The van der Waals surface area contributed by atoms with Crippen molar-refractivity contribution in [2.45, 2.75) is 19.5 Å². The summed E-state index contributed by atoms with van der Waals surface area (Å²) in [7, 11) is 0. The van der Waals surface area contributed by atoms with Crippen LogP contribution in [0.2, 0.25) is 5.02 Å². The first kappa shape index (κ1) is 13.0. The lowest BCUT2D eigenvalue weighted by Gasteiger charge is -2.14. The van der Waals surface area contributed by atoms with Crippen molar-refractivity contribution in [3.8, 4) is 0 Å². The quantitative estimate of drug-likeness (QED) is 0.910. The van der Waals surface area contributed by atoms with Gasteiger partial charge in [-0.3, -0.25) is 4.98 Å². The van der Waals surface area contributed by atoms with Crippen LogP contribution in [0, 0.1) is 5.82 Å². The summed E-state index contributed by atoms with van der Waals surface area (Å²) in [6, 6.07) is 8.50. The molecule has 1 heterocycles. The van der Waals surface area contributed by atoms with Crippen LogP contribution in [0.25, 0.3) is 0 Å². The molecule has 0 unspecified atom stereocenters. The fourth-order valence-corrected chi connectivity index (χ4v) is 1.87. The highest BCUT2D eigenvalue weighted by Crippen LogP contribution is 2.16. The lowest BCUT2D eigenvalue weighted by Crippen LogP contribution is -2.18. The molecule has 0 aliphatic rings. The van der Waals surface area contributed by atoms with E-state index in [4.69, 9.17) is 11.6 Å². The van der Waals surface area contributed by atoms with Gasteiger partial charge < -0.3 is 5.32 Å². The monoisotopic (exact) mass is 264 g/mol. The molecule has 1 N–H and O–H groups in total. The Hall–Kier alpha value is -1.45. The van der Waals surface area contributed by atoms with Gasteiger partial charge in [-0.15, -0.1) is 0 Å². The van der Waals surface area contributed by atoms with Crippen LogP contribution in [0.5, 0.6) is 0 Å². The molecule has 0 amide bonds. The highest BCUT2D eigenvalue weighted by atomic mass is 35.5. The number of halogens is 2. The highest BCUT2D eigenvalue weighted by Gasteiger charge is 2.06. The first-order valence-corrected chi connectivity index (χ1v) is 6.12. The van der Waals surface area contributed by atoms with E-state index in [0.717, 1.165) is 11.1 Å². The molecule has 0 spiro atoms. The molecule has 1 aromatic heterocycles. The maximum Gasteiger partial charge on any atom is 0.123 e. The minimum Gasteiger partial charge on any atom is -0.306 e. The molecule has 0 saturated carbocycles. The van der Waals surface area contributed by atoms with Crippen LogP contribution in [-0.4, -0.2) is 4.98 Å². The van der Waals surface area contributed by atoms with Gasteiger partial charge in [0.2, 0.25) is 0 Å². The summed E-state index contributed by atoms with van der Waals surface area (Å²) in [5.74, 6) is -0.219. The molecule has 2 rings (SSSR count). The predicted octanol–water partition coefficient (Wildman–Crippen LogP) is 3.72. The van der Waals surface area contributed by atoms with E-state index in [9.17, 15) is 4.39 Å². The summed E-state index contributed by atoms with van der Waals surface area (Å²) in [6.45, 7) is 2.68. The topological polar surface area (TPSA) is 24.9 Å². The molecule has 0 saturated heterocycles. The summed E-state index contributed by atoms with van der Waals surface area (Å²) >= 11 is 6.02. The largest absolute Gasteiger partial charge is 0.306 e. The maximum absolute atomic E-state index is 12.8. The molecule has 1 aromatic carbocycles. The molecular weight excluding hydrogens is 251 g/mol. The van der Waals surface area contributed by atoms with Crippen LogP contribution in [0.4, 0.5) is 4.39 Å². The lowest BCUT2D eigenvalue weighted by molar-refractivity contribution is 0.571. The highest BCUT2D eigenvalue weighted by molar-refractivity contribution is 6.31. The summed E-state index contributed by atoms with van der Waals surface area (Å²) in [4.78, 5) is 3.94. The van der Waals surface area contributed by atoms with Crippen molar-refractivity contribution in [1.82, 2.24) is 10.3 Å². The second-order valence-corrected chi connectivity index (χ2v) is 4.53. The van der Waals surface area contributed by atoms with Gasteiger partial charge in [0.1, 0.15) is 5.82 Å². The third-order valence-electron chi connectivity index (χ3n) is 2.83. The molecule has 2 aromatic rings. The predicted molar refractivity (Wildman–Crippen MR) is 70.9 cm³/mol. The van der Waals surface area contributed by atoms with Crippen molar-refractivity contribution in [3.05, 3.63) is 64.7 Å². The summed E-state index contributed by atoms with van der Waals surface area (Å²) in [5.41, 5.74) is 2.04. The van der Waals surface area contributed by atoms with E-state index in [1.807, 2.05) is 13.0 Å². The van der Waals surface area contributed by atoms with Crippen molar-refractivity contribution in [3.63, 3.8) is 0 Å². The smallest absolute Gasteiger partial charge is 0.123 e. The second-order valence-electron chi connectivity index (χ2n) is 4.12. The van der Waals surface area contributed by atoms with E-state index < -0.39 is 0 Å². The van der Waals surface area contributed by atoms with Crippen LogP contribution >= 0.6 is 11.6 Å². The van der Waals surface area contributed by atoms with Gasteiger partial charge in [0.25, 0.3) is 0 Å². The average molecular weight is 265 g/mol. The Morgan fingerprint density at radius 1 is 1.28 bits per heavy atom. The van der Waals surface area contributed by atoms with Gasteiger partial charge in [-0.2, -0.15) is 0 Å². The first-order valence-electron chi connectivity index (χ1n) is 5.74. The fraction of sp³-hybridized carbons (Fsp3) is 0.214. The zero-order chi connectivity index (χ0) is 13.0. The van der Waals surface area contributed by atoms with Gasteiger partial charge in [0.15, 0.2) is 0 Å². The molecule has 0 aliphatic heterocycles. The molecule has 2 nitrogen and oxygen atoms in total. The Balaban J connectivity index is 1.98. The zero-order valence-corrected chi connectivity index (χ0v) is 10.8. The Bertz CT molecular complexity index is 513. The zero-order valence-electron chi connectivity index (χ0n) is 10.0. The Morgan fingerprint density at radius 3 is 2.67 bits per heavy atom. The number of rotatable bonds is 4. The van der Waals surface area contributed by atoms with Crippen LogP contribution < -0.4 is 5.32 Å². The molecule has 18 heavy (non-hydrogen) atoms. The first-order chi connectivity index (χ1) is 8.66. The maximum atomic E-state index is 12.8. The minimum absolute atomic E-state index is 0.134. The van der Waals surface area contributed by atoms with Gasteiger partial charge in [-0.25, -0.2) is 4.39 Å². The number of aromatic nitrogens is 1. The fourth-order valence-electron chi connectivity index (χ4n) is 1.68. The van der Waals surface area contributed by atoms with Crippen molar-refractivity contribution in [2.75, 3.05) is 0 Å². The number of pyridine rings is 1. The van der Waals surface area contributed by atoms with E-state index in [1.54, 1.807) is 24.5 Å². The van der Waals surface area contributed by atoms with Crippen molar-refractivity contribution in [2.24, 2.45) is 0 Å². The van der Waals surface area contributed by atoms with Crippen LogP contribution in [-0.2, 0) is 6.54 Å². The molecular formula is C14H14ClFN2. The number of nitrogens with one attached hydrogen (secondary N) is 1. The van der Waals surface area contributed by atoms with Gasteiger partial charge in [-0.1, -0.05) is 23.7 Å². The summed E-state index contributed by atoms with van der Waals surface area (Å²) < 4.78 is 12.8.